The van der Waals surface area contributed by atoms with E-state index in [4.69, 9.17) is 4.74 Å². The molecule has 0 aliphatic carbocycles. The quantitative estimate of drug-likeness (QED) is 0.665. The summed E-state index contributed by atoms with van der Waals surface area (Å²) in [6.45, 7) is 10.6. The molecule has 0 radical (unpaired) electrons. The molecule has 0 bridgehead atoms. The standard InChI is InChI=1S/C9H17NO2.C2H6.H2/c1-9(2,3)12-8(11)7-5-4-6-10-7;1-2;/h7,10H,4-6H2,1-3H3;1-2H3;1H/t7-;;/m0../s1. The summed E-state index contributed by atoms with van der Waals surface area (Å²) in [6.07, 6.45) is 1.98. The summed E-state index contributed by atoms with van der Waals surface area (Å²) in [4.78, 5) is 11.4. The van der Waals surface area contributed by atoms with Gasteiger partial charge in [0, 0.05) is 1.43 Å². The number of carbonyl (C=O) groups excluding carboxylic acids is 1. The Bertz CT molecular complexity index is 172. The van der Waals surface area contributed by atoms with E-state index in [-0.39, 0.29) is 19.0 Å². The van der Waals surface area contributed by atoms with Crippen LogP contribution in [-0.2, 0) is 9.53 Å². The Morgan fingerprint density at radius 3 is 2.36 bits per heavy atom. The Balaban J connectivity index is 0. The summed E-state index contributed by atoms with van der Waals surface area (Å²) >= 11 is 0. The van der Waals surface area contributed by atoms with E-state index in [1.165, 1.54) is 0 Å². The van der Waals surface area contributed by atoms with Gasteiger partial charge in [-0.1, -0.05) is 13.8 Å². The number of hydrogen-bond donors (Lipinski definition) is 1. The van der Waals surface area contributed by atoms with Crippen molar-refractivity contribution in [3.05, 3.63) is 0 Å². The Hall–Kier alpha value is -0.570. The molecule has 1 rings (SSSR count). The molecule has 14 heavy (non-hydrogen) atoms. The van der Waals surface area contributed by atoms with E-state index in [9.17, 15) is 4.79 Å². The molecule has 3 nitrogen and oxygen atoms in total. The van der Waals surface area contributed by atoms with E-state index in [0.717, 1.165) is 19.4 Å². The summed E-state index contributed by atoms with van der Waals surface area (Å²) in [7, 11) is 0. The highest BCUT2D eigenvalue weighted by atomic mass is 16.6. The van der Waals surface area contributed by atoms with Crippen molar-refractivity contribution in [2.75, 3.05) is 6.54 Å². The summed E-state index contributed by atoms with van der Waals surface area (Å²) in [5.41, 5.74) is -0.360. The third kappa shape index (κ3) is 5.22. The lowest BCUT2D eigenvalue weighted by atomic mass is 10.2. The number of nitrogens with one attached hydrogen (secondary N) is 1. The second-order valence-electron chi connectivity index (χ2n) is 4.18. The maximum atomic E-state index is 11.4. The zero-order valence-electron chi connectivity index (χ0n) is 10.0. The van der Waals surface area contributed by atoms with Gasteiger partial charge in [-0.3, -0.25) is 4.79 Å². The first kappa shape index (κ1) is 13.4. The molecule has 0 unspecified atom stereocenters. The molecule has 0 saturated carbocycles. The van der Waals surface area contributed by atoms with Crippen molar-refractivity contribution < 1.29 is 11.0 Å². The second kappa shape index (κ2) is 6.02. The zero-order valence-corrected chi connectivity index (χ0v) is 10.0. The fourth-order valence-corrected chi connectivity index (χ4v) is 1.26. The van der Waals surface area contributed by atoms with Crippen molar-refractivity contribution in [3.63, 3.8) is 0 Å². The highest BCUT2D eigenvalue weighted by Gasteiger charge is 2.26. The topological polar surface area (TPSA) is 38.3 Å². The van der Waals surface area contributed by atoms with Crippen LogP contribution in [-0.4, -0.2) is 24.2 Å². The van der Waals surface area contributed by atoms with Crippen molar-refractivity contribution in [2.24, 2.45) is 0 Å². The zero-order chi connectivity index (χ0) is 11.2. The van der Waals surface area contributed by atoms with E-state index in [2.05, 4.69) is 5.32 Å². The third-order valence-electron chi connectivity index (χ3n) is 1.75. The monoisotopic (exact) mass is 203 g/mol. The summed E-state index contributed by atoms with van der Waals surface area (Å²) in [5.74, 6) is -0.111. The molecule has 1 aliphatic rings. The summed E-state index contributed by atoms with van der Waals surface area (Å²) < 4.78 is 5.22. The van der Waals surface area contributed by atoms with Gasteiger partial charge in [0.2, 0.25) is 0 Å². The molecule has 1 aliphatic heterocycles. The average Bonchev–Trinajstić information content (AvgIpc) is 2.56. The van der Waals surface area contributed by atoms with Crippen LogP contribution in [0.4, 0.5) is 0 Å². The first-order valence-electron chi connectivity index (χ1n) is 5.45. The molecule has 3 heteroatoms. The summed E-state index contributed by atoms with van der Waals surface area (Å²) in [6, 6.07) is -0.0655. The Labute approximate surface area is 88.7 Å². The molecule has 0 amide bonds. The van der Waals surface area contributed by atoms with Crippen LogP contribution in [0.15, 0.2) is 0 Å². The van der Waals surface area contributed by atoms with Crippen molar-refractivity contribution in [2.45, 2.75) is 59.1 Å². The van der Waals surface area contributed by atoms with Crippen LogP contribution in [0.5, 0.6) is 0 Å². The van der Waals surface area contributed by atoms with E-state index >= 15 is 0 Å². The molecule has 0 aromatic rings. The van der Waals surface area contributed by atoms with Gasteiger partial charge in [0.15, 0.2) is 0 Å². The first-order chi connectivity index (χ1) is 6.49. The average molecular weight is 203 g/mol. The van der Waals surface area contributed by atoms with Gasteiger partial charge in [-0.05, 0) is 40.2 Å². The van der Waals surface area contributed by atoms with Crippen LogP contribution in [0.25, 0.3) is 0 Å². The second-order valence-corrected chi connectivity index (χ2v) is 4.18. The van der Waals surface area contributed by atoms with Crippen LogP contribution >= 0.6 is 0 Å². The fraction of sp³-hybridized carbons (Fsp3) is 0.909. The lowest BCUT2D eigenvalue weighted by Crippen LogP contribution is -2.37. The number of rotatable bonds is 1. The minimum absolute atomic E-state index is 0. The minimum atomic E-state index is -0.360. The van der Waals surface area contributed by atoms with E-state index < -0.39 is 0 Å². The number of esters is 1. The van der Waals surface area contributed by atoms with E-state index in [1.54, 1.807) is 0 Å². The molecule has 0 aromatic heterocycles. The smallest absolute Gasteiger partial charge is 0.323 e. The Morgan fingerprint density at radius 2 is 2.00 bits per heavy atom. The molecule has 86 valence electrons. The van der Waals surface area contributed by atoms with E-state index in [0.29, 0.717) is 0 Å². The Kier molecular flexibility index (Phi) is 5.77. The van der Waals surface area contributed by atoms with Gasteiger partial charge in [0.25, 0.3) is 0 Å². The van der Waals surface area contributed by atoms with Gasteiger partial charge >= 0.3 is 5.97 Å². The number of carbonyl (C=O) groups is 1. The van der Waals surface area contributed by atoms with Gasteiger partial charge in [-0.25, -0.2) is 0 Å². The number of hydrogen-bond acceptors (Lipinski definition) is 3. The number of ether oxygens (including phenoxy) is 1. The molecular formula is C11H25NO2. The first-order valence-corrected chi connectivity index (χ1v) is 5.45. The van der Waals surface area contributed by atoms with Gasteiger partial charge in [0.1, 0.15) is 11.6 Å². The molecule has 0 aromatic carbocycles. The van der Waals surface area contributed by atoms with Crippen molar-refractivity contribution in [3.8, 4) is 0 Å². The minimum Gasteiger partial charge on any atom is -0.459 e. The molecular weight excluding hydrogens is 178 g/mol. The van der Waals surface area contributed by atoms with Crippen LogP contribution in [0, 0.1) is 0 Å². The van der Waals surface area contributed by atoms with Gasteiger partial charge in [-0.2, -0.15) is 0 Å². The van der Waals surface area contributed by atoms with E-state index in [1.807, 2.05) is 34.6 Å². The highest BCUT2D eigenvalue weighted by Crippen LogP contribution is 2.12. The lowest BCUT2D eigenvalue weighted by Gasteiger charge is -2.21. The van der Waals surface area contributed by atoms with Crippen molar-refractivity contribution in [1.82, 2.24) is 5.32 Å². The summed E-state index contributed by atoms with van der Waals surface area (Å²) in [5, 5.41) is 3.10. The highest BCUT2D eigenvalue weighted by molar-refractivity contribution is 5.76. The van der Waals surface area contributed by atoms with Crippen molar-refractivity contribution in [1.29, 1.82) is 0 Å². The molecule has 1 heterocycles. The normalized spacial score (nSPS) is 21.1. The molecule has 1 fully saturated rings. The van der Waals surface area contributed by atoms with Crippen LogP contribution in [0.2, 0.25) is 0 Å². The van der Waals surface area contributed by atoms with Gasteiger partial charge < -0.3 is 10.1 Å². The maximum Gasteiger partial charge on any atom is 0.323 e. The lowest BCUT2D eigenvalue weighted by molar-refractivity contribution is -0.157. The maximum absolute atomic E-state index is 11.4. The van der Waals surface area contributed by atoms with Crippen LogP contribution in [0.1, 0.15) is 48.9 Å². The van der Waals surface area contributed by atoms with Crippen molar-refractivity contribution >= 4 is 5.97 Å². The van der Waals surface area contributed by atoms with Gasteiger partial charge in [-0.15, -0.1) is 0 Å². The van der Waals surface area contributed by atoms with Gasteiger partial charge in [0.05, 0.1) is 0 Å². The fourth-order valence-electron chi connectivity index (χ4n) is 1.26. The molecule has 1 N–H and O–H groups in total. The largest absolute Gasteiger partial charge is 0.459 e. The third-order valence-corrected chi connectivity index (χ3v) is 1.75. The molecule has 1 saturated heterocycles. The molecule has 0 spiro atoms. The SMILES string of the molecule is CC.CC(C)(C)OC(=O)[C@@H]1CCCN1.[HH]. The van der Waals surface area contributed by atoms with Crippen LogP contribution < -0.4 is 5.32 Å². The predicted octanol–water partition coefficient (Wildman–Crippen LogP) is 2.35. The Morgan fingerprint density at radius 1 is 1.43 bits per heavy atom. The molecule has 1 atom stereocenters. The predicted molar refractivity (Wildman–Crippen MR) is 60.3 cm³/mol. The van der Waals surface area contributed by atoms with Crippen LogP contribution in [0.3, 0.4) is 0 Å².